The van der Waals surface area contributed by atoms with Gasteiger partial charge < -0.3 is 10.8 Å². The Balaban J connectivity index is 2.71. The van der Waals surface area contributed by atoms with Gasteiger partial charge in [0.05, 0.1) is 11.1 Å². The molecular weight excluding hydrogens is 368 g/mol. The van der Waals surface area contributed by atoms with Gasteiger partial charge in [-0.15, -0.1) is 0 Å². The van der Waals surface area contributed by atoms with Gasteiger partial charge in [0, 0.05) is 5.92 Å². The summed E-state index contributed by atoms with van der Waals surface area (Å²) in [6, 6.07) is 0.886. The van der Waals surface area contributed by atoms with Crippen LogP contribution < -0.4 is 5.73 Å². The quantitative estimate of drug-likeness (QED) is 0.613. The second-order valence-electron chi connectivity index (χ2n) is 6.28. The number of benzene rings is 1. The molecule has 0 heterocycles. The Kier molecular flexibility index (Phi) is 5.00. The van der Waals surface area contributed by atoms with Crippen LogP contribution in [-0.4, -0.2) is 17.0 Å². The second kappa shape index (κ2) is 6.48. The molecule has 10 heteroatoms. The topological polar surface area (TPSA) is 80.4 Å². The number of carbonyl (C=O) groups is 2. The van der Waals surface area contributed by atoms with Gasteiger partial charge in [-0.3, -0.25) is 9.59 Å². The number of alkyl halides is 6. The number of carboxylic acids is 1. The summed E-state index contributed by atoms with van der Waals surface area (Å²) in [5, 5.41) is 9.50. The Morgan fingerprint density at radius 1 is 1.00 bits per heavy atom. The van der Waals surface area contributed by atoms with Gasteiger partial charge in [0.15, 0.2) is 5.41 Å². The summed E-state index contributed by atoms with van der Waals surface area (Å²) in [5.74, 6) is -4.31. The molecule has 26 heavy (non-hydrogen) atoms. The molecule has 1 aliphatic rings. The molecule has 144 valence electrons. The first-order valence-corrected chi connectivity index (χ1v) is 7.63. The molecule has 0 aliphatic heterocycles. The molecule has 0 saturated heterocycles. The Labute approximate surface area is 144 Å². The second-order valence-corrected chi connectivity index (χ2v) is 6.28. The number of nitrogens with two attached hydrogens (primary N) is 1. The van der Waals surface area contributed by atoms with E-state index in [1.807, 2.05) is 0 Å². The van der Waals surface area contributed by atoms with Gasteiger partial charge in [0.1, 0.15) is 0 Å². The summed E-state index contributed by atoms with van der Waals surface area (Å²) in [7, 11) is 0. The first-order valence-electron chi connectivity index (χ1n) is 7.63. The third kappa shape index (κ3) is 3.49. The van der Waals surface area contributed by atoms with Crippen molar-refractivity contribution in [3.8, 4) is 0 Å². The van der Waals surface area contributed by atoms with E-state index in [1.54, 1.807) is 0 Å². The molecule has 2 rings (SSSR count). The number of carbonyl (C=O) groups excluding carboxylic acids is 1. The highest BCUT2D eigenvalue weighted by Gasteiger charge is 2.53. The summed E-state index contributed by atoms with van der Waals surface area (Å²) in [5.41, 5.74) is -0.654. The van der Waals surface area contributed by atoms with Crippen LogP contribution in [0.25, 0.3) is 0 Å². The Bertz CT molecular complexity index is 679. The zero-order chi connectivity index (χ0) is 19.9. The van der Waals surface area contributed by atoms with E-state index in [0.29, 0.717) is 18.6 Å². The van der Waals surface area contributed by atoms with Crippen LogP contribution in [0, 0.1) is 5.41 Å². The lowest BCUT2D eigenvalue weighted by molar-refractivity contribution is -0.158. The van der Waals surface area contributed by atoms with Crippen molar-refractivity contribution in [1.82, 2.24) is 0 Å². The normalized spacial score (nSPS) is 24.3. The SMILES string of the molecule is NC(=O)C1(C(=O)O)CCCCC1c1cc(C(F)(F)F)cc(C(F)(F)F)c1. The molecule has 0 radical (unpaired) electrons. The number of hydrogen-bond donors (Lipinski definition) is 2. The van der Waals surface area contributed by atoms with Gasteiger partial charge in [-0.1, -0.05) is 12.8 Å². The standard InChI is InChI=1S/C16H15F6NO3/c17-15(18,19)9-5-8(6-10(7-9)16(20,21)22)11-3-1-2-4-14(11,12(23)24)13(25)26/h5-7,11H,1-4H2,(H2,23,24)(H,25,26). The van der Waals surface area contributed by atoms with E-state index in [4.69, 9.17) is 5.73 Å². The van der Waals surface area contributed by atoms with Crippen molar-refractivity contribution in [2.75, 3.05) is 0 Å². The summed E-state index contributed by atoms with van der Waals surface area (Å²) < 4.78 is 78.2. The van der Waals surface area contributed by atoms with E-state index in [-0.39, 0.29) is 25.3 Å². The maximum absolute atomic E-state index is 13.0. The summed E-state index contributed by atoms with van der Waals surface area (Å²) >= 11 is 0. The van der Waals surface area contributed by atoms with Crippen molar-refractivity contribution in [1.29, 1.82) is 0 Å². The maximum Gasteiger partial charge on any atom is 0.416 e. The molecule has 0 aromatic heterocycles. The van der Waals surface area contributed by atoms with E-state index < -0.39 is 52.3 Å². The minimum atomic E-state index is -5.07. The molecule has 1 aromatic rings. The Morgan fingerprint density at radius 2 is 1.50 bits per heavy atom. The van der Waals surface area contributed by atoms with Crippen LogP contribution in [0.1, 0.15) is 48.3 Å². The number of halogens is 6. The fourth-order valence-corrected chi connectivity index (χ4v) is 3.46. The number of aliphatic carboxylic acids is 1. The fourth-order valence-electron chi connectivity index (χ4n) is 3.46. The molecule has 1 saturated carbocycles. The van der Waals surface area contributed by atoms with Crippen molar-refractivity contribution in [2.45, 2.75) is 44.0 Å². The highest BCUT2D eigenvalue weighted by atomic mass is 19.4. The molecule has 2 unspecified atom stereocenters. The molecule has 4 nitrogen and oxygen atoms in total. The molecular formula is C16H15F6NO3. The number of hydrogen-bond acceptors (Lipinski definition) is 2. The van der Waals surface area contributed by atoms with Crippen molar-refractivity contribution in [3.05, 3.63) is 34.9 Å². The predicted molar refractivity (Wildman–Crippen MR) is 76.9 cm³/mol. The van der Waals surface area contributed by atoms with Crippen LogP contribution in [0.2, 0.25) is 0 Å². The van der Waals surface area contributed by atoms with Crippen LogP contribution in [-0.2, 0) is 21.9 Å². The smallest absolute Gasteiger partial charge is 0.416 e. The maximum atomic E-state index is 13.0. The van der Waals surface area contributed by atoms with E-state index in [2.05, 4.69) is 0 Å². The Hall–Kier alpha value is -2.26. The minimum Gasteiger partial charge on any atom is -0.480 e. The molecule has 2 atom stereocenters. The van der Waals surface area contributed by atoms with Crippen molar-refractivity contribution in [3.63, 3.8) is 0 Å². The number of primary amides is 1. The number of carboxylic acid groups (broad SMARTS) is 1. The molecule has 1 aromatic carbocycles. The Morgan fingerprint density at radius 3 is 1.88 bits per heavy atom. The largest absolute Gasteiger partial charge is 0.480 e. The summed E-state index contributed by atoms with van der Waals surface area (Å²) in [6.45, 7) is 0. The monoisotopic (exact) mass is 383 g/mol. The van der Waals surface area contributed by atoms with E-state index in [0.717, 1.165) is 0 Å². The van der Waals surface area contributed by atoms with E-state index >= 15 is 0 Å². The van der Waals surface area contributed by atoms with Gasteiger partial charge in [0.25, 0.3) is 0 Å². The highest BCUT2D eigenvalue weighted by Crippen LogP contribution is 2.49. The zero-order valence-electron chi connectivity index (χ0n) is 13.2. The van der Waals surface area contributed by atoms with Crippen LogP contribution in [0.5, 0.6) is 0 Å². The fraction of sp³-hybridized carbons (Fsp3) is 0.500. The average molecular weight is 383 g/mol. The molecule has 0 spiro atoms. The number of rotatable bonds is 3. The lowest BCUT2D eigenvalue weighted by Crippen LogP contribution is -2.50. The molecule has 1 aliphatic carbocycles. The van der Waals surface area contributed by atoms with Gasteiger partial charge in [0.2, 0.25) is 5.91 Å². The van der Waals surface area contributed by atoms with Crippen LogP contribution >= 0.6 is 0 Å². The van der Waals surface area contributed by atoms with Crippen LogP contribution in [0.15, 0.2) is 18.2 Å². The highest BCUT2D eigenvalue weighted by molar-refractivity contribution is 6.02. The number of amides is 1. The molecule has 0 bridgehead atoms. The van der Waals surface area contributed by atoms with Crippen molar-refractivity contribution >= 4 is 11.9 Å². The lowest BCUT2D eigenvalue weighted by atomic mass is 9.63. The first-order chi connectivity index (χ1) is 11.8. The van der Waals surface area contributed by atoms with Gasteiger partial charge in [-0.05, 0) is 36.6 Å². The van der Waals surface area contributed by atoms with Crippen LogP contribution in [0.3, 0.4) is 0 Å². The van der Waals surface area contributed by atoms with Gasteiger partial charge in [-0.2, -0.15) is 26.3 Å². The van der Waals surface area contributed by atoms with Crippen molar-refractivity contribution < 1.29 is 41.0 Å². The predicted octanol–water partition coefficient (Wildman–Crippen LogP) is 3.94. The van der Waals surface area contributed by atoms with Gasteiger partial charge in [-0.25, -0.2) is 0 Å². The van der Waals surface area contributed by atoms with Crippen molar-refractivity contribution in [2.24, 2.45) is 11.1 Å². The van der Waals surface area contributed by atoms with E-state index in [1.165, 1.54) is 0 Å². The first kappa shape index (κ1) is 20.1. The van der Waals surface area contributed by atoms with Gasteiger partial charge >= 0.3 is 18.3 Å². The molecule has 3 N–H and O–H groups in total. The third-order valence-electron chi connectivity index (χ3n) is 4.74. The summed E-state index contributed by atoms with van der Waals surface area (Å²) in [6.07, 6.45) is -9.82. The van der Waals surface area contributed by atoms with E-state index in [9.17, 15) is 41.0 Å². The minimum absolute atomic E-state index is 0.0426. The average Bonchev–Trinajstić information content (AvgIpc) is 2.52. The zero-order valence-corrected chi connectivity index (χ0v) is 13.2. The van der Waals surface area contributed by atoms with Crippen LogP contribution in [0.4, 0.5) is 26.3 Å². The molecule has 1 amide bonds. The summed E-state index contributed by atoms with van der Waals surface area (Å²) in [4.78, 5) is 23.6. The molecule has 1 fully saturated rings. The lowest BCUT2D eigenvalue weighted by Gasteiger charge is -2.39. The third-order valence-corrected chi connectivity index (χ3v) is 4.74.